The number of rotatable bonds is 8. The van der Waals surface area contributed by atoms with Crippen molar-refractivity contribution in [1.82, 2.24) is 14.8 Å². The molecule has 144 valence electrons. The highest BCUT2D eigenvalue weighted by atomic mass is 32.1. The summed E-state index contributed by atoms with van der Waals surface area (Å²) in [6, 6.07) is 8.54. The SMILES string of the molecule is O=C(c1cncs1)N(Cc1cccc(OCCN2CCCCC2)c1)C1CC1. The van der Waals surface area contributed by atoms with Crippen LogP contribution in [0.1, 0.15) is 47.3 Å². The highest BCUT2D eigenvalue weighted by molar-refractivity contribution is 7.11. The molecule has 0 unspecified atom stereocenters. The number of hydrogen-bond acceptors (Lipinski definition) is 5. The van der Waals surface area contributed by atoms with Gasteiger partial charge >= 0.3 is 0 Å². The minimum atomic E-state index is 0.0939. The van der Waals surface area contributed by atoms with Crippen LogP contribution in [0.5, 0.6) is 5.75 Å². The molecular weight excluding hydrogens is 358 g/mol. The molecule has 1 aromatic carbocycles. The molecule has 1 aliphatic heterocycles. The van der Waals surface area contributed by atoms with Crippen molar-refractivity contribution in [2.45, 2.75) is 44.7 Å². The largest absolute Gasteiger partial charge is 0.492 e. The van der Waals surface area contributed by atoms with E-state index in [1.807, 2.05) is 17.0 Å². The second-order valence-corrected chi connectivity index (χ2v) is 8.31. The fourth-order valence-electron chi connectivity index (χ4n) is 3.62. The van der Waals surface area contributed by atoms with E-state index in [0.717, 1.165) is 42.2 Å². The number of benzene rings is 1. The van der Waals surface area contributed by atoms with E-state index in [-0.39, 0.29) is 5.91 Å². The lowest BCUT2D eigenvalue weighted by molar-refractivity contribution is 0.0734. The molecule has 27 heavy (non-hydrogen) atoms. The normalized spacial score (nSPS) is 17.6. The summed E-state index contributed by atoms with van der Waals surface area (Å²) in [5, 5.41) is 0. The Balaban J connectivity index is 1.34. The van der Waals surface area contributed by atoms with E-state index >= 15 is 0 Å². The molecule has 1 amide bonds. The van der Waals surface area contributed by atoms with E-state index in [9.17, 15) is 4.79 Å². The van der Waals surface area contributed by atoms with Crippen LogP contribution >= 0.6 is 11.3 Å². The first kappa shape index (κ1) is 18.4. The van der Waals surface area contributed by atoms with E-state index < -0.39 is 0 Å². The number of amides is 1. The number of ether oxygens (including phenoxy) is 1. The molecule has 1 saturated heterocycles. The molecule has 1 aliphatic carbocycles. The van der Waals surface area contributed by atoms with Crippen molar-refractivity contribution in [3.8, 4) is 5.75 Å². The Bertz CT molecular complexity index is 740. The molecule has 2 aromatic rings. The van der Waals surface area contributed by atoms with Crippen LogP contribution in [0.2, 0.25) is 0 Å². The van der Waals surface area contributed by atoms with Crippen molar-refractivity contribution in [1.29, 1.82) is 0 Å². The molecule has 2 aliphatic rings. The lowest BCUT2D eigenvalue weighted by Gasteiger charge is -2.26. The maximum atomic E-state index is 12.8. The first-order valence-corrected chi connectivity index (χ1v) is 10.8. The van der Waals surface area contributed by atoms with Crippen LogP contribution in [0.15, 0.2) is 36.0 Å². The molecule has 5 nitrogen and oxygen atoms in total. The van der Waals surface area contributed by atoms with Gasteiger partial charge in [-0.05, 0) is 56.5 Å². The summed E-state index contributed by atoms with van der Waals surface area (Å²) in [7, 11) is 0. The number of piperidine rings is 1. The van der Waals surface area contributed by atoms with E-state index in [0.29, 0.717) is 12.6 Å². The fraction of sp³-hybridized carbons (Fsp3) is 0.524. The first-order chi connectivity index (χ1) is 13.3. The Morgan fingerprint density at radius 3 is 2.85 bits per heavy atom. The molecule has 4 rings (SSSR count). The molecule has 2 heterocycles. The third kappa shape index (κ3) is 5.08. The monoisotopic (exact) mass is 385 g/mol. The summed E-state index contributed by atoms with van der Waals surface area (Å²) in [6.45, 7) is 4.72. The van der Waals surface area contributed by atoms with E-state index in [1.54, 1.807) is 11.7 Å². The summed E-state index contributed by atoms with van der Waals surface area (Å²) >= 11 is 1.41. The number of nitrogens with zero attached hydrogens (tertiary/aromatic N) is 3. The van der Waals surface area contributed by atoms with Gasteiger partial charge in [0.25, 0.3) is 5.91 Å². The Morgan fingerprint density at radius 1 is 1.26 bits per heavy atom. The number of aromatic nitrogens is 1. The molecule has 2 fully saturated rings. The van der Waals surface area contributed by atoms with Gasteiger partial charge in [-0.1, -0.05) is 18.6 Å². The smallest absolute Gasteiger partial charge is 0.266 e. The lowest BCUT2D eigenvalue weighted by Crippen LogP contribution is -2.33. The predicted octanol–water partition coefficient (Wildman–Crippen LogP) is 3.81. The Labute approximate surface area is 165 Å². The highest BCUT2D eigenvalue weighted by Gasteiger charge is 2.33. The molecule has 0 atom stereocenters. The van der Waals surface area contributed by atoms with Gasteiger partial charge in [0.15, 0.2) is 0 Å². The third-order valence-corrected chi connectivity index (χ3v) is 6.03. The second kappa shape index (κ2) is 8.85. The van der Waals surface area contributed by atoms with Gasteiger partial charge in [-0.15, -0.1) is 11.3 Å². The molecular formula is C21H27N3O2S. The standard InChI is InChI=1S/C21H27N3O2S/c25-21(20-14-22-16-27-20)24(18-7-8-18)15-17-5-4-6-19(13-17)26-12-11-23-9-2-1-3-10-23/h4-6,13-14,16,18H,1-3,7-12,15H2. The van der Waals surface area contributed by atoms with Gasteiger partial charge in [0.1, 0.15) is 17.2 Å². The van der Waals surface area contributed by atoms with Gasteiger partial charge in [-0.25, -0.2) is 0 Å². The number of likely N-dealkylation sites (tertiary alicyclic amines) is 1. The van der Waals surface area contributed by atoms with Gasteiger partial charge in [-0.2, -0.15) is 0 Å². The average Bonchev–Trinajstić information content (AvgIpc) is 3.39. The van der Waals surface area contributed by atoms with Gasteiger partial charge in [0, 0.05) is 19.1 Å². The van der Waals surface area contributed by atoms with Crippen LogP contribution in [0.3, 0.4) is 0 Å². The van der Waals surface area contributed by atoms with Crippen molar-refractivity contribution in [3.63, 3.8) is 0 Å². The van der Waals surface area contributed by atoms with Crippen LogP contribution < -0.4 is 4.74 Å². The van der Waals surface area contributed by atoms with Crippen molar-refractivity contribution >= 4 is 17.2 Å². The van der Waals surface area contributed by atoms with E-state index in [4.69, 9.17) is 4.74 Å². The number of carbonyl (C=O) groups excluding carboxylic acids is 1. The molecule has 0 N–H and O–H groups in total. The Kier molecular flexibility index (Phi) is 6.04. The molecule has 0 spiro atoms. The molecule has 0 radical (unpaired) electrons. The van der Waals surface area contributed by atoms with Gasteiger partial charge in [-0.3, -0.25) is 14.7 Å². The van der Waals surface area contributed by atoms with Crippen LogP contribution in [0.25, 0.3) is 0 Å². The molecule has 1 saturated carbocycles. The summed E-state index contributed by atoms with van der Waals surface area (Å²) in [5.41, 5.74) is 2.84. The number of hydrogen-bond donors (Lipinski definition) is 0. The minimum absolute atomic E-state index is 0.0939. The number of carbonyl (C=O) groups is 1. The lowest BCUT2D eigenvalue weighted by atomic mass is 10.1. The maximum absolute atomic E-state index is 12.8. The van der Waals surface area contributed by atoms with Gasteiger partial charge < -0.3 is 9.64 Å². The Hall–Kier alpha value is -1.92. The third-order valence-electron chi connectivity index (χ3n) is 5.27. The average molecular weight is 386 g/mol. The zero-order valence-corrected chi connectivity index (χ0v) is 16.5. The molecule has 1 aromatic heterocycles. The molecule has 6 heteroatoms. The predicted molar refractivity (Wildman–Crippen MR) is 107 cm³/mol. The summed E-state index contributed by atoms with van der Waals surface area (Å²) in [4.78, 5) is 22.0. The first-order valence-electron chi connectivity index (χ1n) is 9.93. The Morgan fingerprint density at radius 2 is 2.11 bits per heavy atom. The van der Waals surface area contributed by atoms with Gasteiger partial charge in [0.05, 0.1) is 11.7 Å². The van der Waals surface area contributed by atoms with Crippen molar-refractivity contribution in [2.75, 3.05) is 26.2 Å². The quantitative estimate of drug-likeness (QED) is 0.693. The fourth-order valence-corrected chi connectivity index (χ4v) is 4.20. The van der Waals surface area contributed by atoms with Crippen LogP contribution in [-0.4, -0.2) is 53.0 Å². The summed E-state index contributed by atoms with van der Waals surface area (Å²) < 4.78 is 5.99. The van der Waals surface area contributed by atoms with E-state index in [1.165, 1.54) is 43.7 Å². The summed E-state index contributed by atoms with van der Waals surface area (Å²) in [6.07, 6.45) is 7.83. The van der Waals surface area contributed by atoms with Gasteiger partial charge in [0.2, 0.25) is 0 Å². The van der Waals surface area contributed by atoms with Crippen molar-refractivity contribution in [3.05, 3.63) is 46.4 Å². The van der Waals surface area contributed by atoms with Crippen molar-refractivity contribution < 1.29 is 9.53 Å². The molecule has 0 bridgehead atoms. The van der Waals surface area contributed by atoms with Crippen LogP contribution in [0, 0.1) is 0 Å². The van der Waals surface area contributed by atoms with Crippen LogP contribution in [0.4, 0.5) is 0 Å². The maximum Gasteiger partial charge on any atom is 0.266 e. The summed E-state index contributed by atoms with van der Waals surface area (Å²) in [5.74, 6) is 0.988. The zero-order chi connectivity index (χ0) is 18.5. The highest BCUT2D eigenvalue weighted by Crippen LogP contribution is 2.31. The van der Waals surface area contributed by atoms with Crippen LogP contribution in [-0.2, 0) is 6.54 Å². The topological polar surface area (TPSA) is 45.7 Å². The van der Waals surface area contributed by atoms with E-state index in [2.05, 4.69) is 22.0 Å². The minimum Gasteiger partial charge on any atom is -0.492 e. The number of thiazole rings is 1. The van der Waals surface area contributed by atoms with Crippen molar-refractivity contribution in [2.24, 2.45) is 0 Å². The zero-order valence-electron chi connectivity index (χ0n) is 15.7. The second-order valence-electron chi connectivity index (χ2n) is 7.43.